The Hall–Kier alpha value is -3.92. The van der Waals surface area contributed by atoms with Crippen molar-refractivity contribution in [1.82, 2.24) is 19.9 Å². The van der Waals surface area contributed by atoms with Gasteiger partial charge in [-0.3, -0.25) is 20.2 Å². The zero-order valence-corrected chi connectivity index (χ0v) is 25.9. The van der Waals surface area contributed by atoms with Gasteiger partial charge in [-0.15, -0.1) is 22.7 Å². The first kappa shape index (κ1) is 28.1. The average molecular weight is 600 g/mol. The predicted octanol–water partition coefficient (Wildman–Crippen LogP) is 5.15. The maximum Gasteiger partial charge on any atom is 2.00 e. The standard InChI is InChI=1S/2C14H11N4S.Zn/c2*1-10(11-6-4-5-9-15-11)17-18-14-16-12-7-2-3-8-13(12)19-14;/h2*2-9H,1H3;/q2*-1;+2. The molecule has 0 unspecified atom stereocenters. The molecule has 6 rings (SSSR count). The van der Waals surface area contributed by atoms with Crippen molar-refractivity contribution in [3.05, 3.63) is 118 Å². The summed E-state index contributed by atoms with van der Waals surface area (Å²) >= 11 is 3.06. The zero-order chi connectivity index (χ0) is 26.2. The molecule has 0 aliphatic heterocycles. The van der Waals surface area contributed by atoms with Gasteiger partial charge in [0, 0.05) is 31.4 Å². The molecule has 0 amide bonds. The molecule has 0 saturated carbocycles. The van der Waals surface area contributed by atoms with Crippen LogP contribution < -0.4 is 19.6 Å². The molecule has 0 aliphatic carbocycles. The Balaban J connectivity index is 0.000000176. The van der Waals surface area contributed by atoms with Crippen molar-refractivity contribution in [3.63, 3.8) is 0 Å². The number of benzene rings is 2. The van der Waals surface area contributed by atoms with E-state index in [-0.39, 0.29) is 19.5 Å². The van der Waals surface area contributed by atoms with Gasteiger partial charge < -0.3 is 20.2 Å². The Labute approximate surface area is 245 Å². The average Bonchev–Trinajstić information content (AvgIpc) is 3.59. The summed E-state index contributed by atoms with van der Waals surface area (Å²) in [5.41, 5.74) is 5.12. The molecule has 8 nitrogen and oxygen atoms in total. The minimum Gasteiger partial charge on any atom is -0.425 e. The summed E-state index contributed by atoms with van der Waals surface area (Å²) in [5.74, 6) is 0. The van der Waals surface area contributed by atoms with Crippen molar-refractivity contribution >= 4 is 54.5 Å². The smallest absolute Gasteiger partial charge is 0.425 e. The minimum absolute atomic E-state index is 0. The Morgan fingerprint density at radius 2 is 1.00 bits per heavy atom. The van der Waals surface area contributed by atoms with E-state index >= 15 is 0 Å². The van der Waals surface area contributed by atoms with Crippen LogP contribution in [-0.4, -0.2) is 21.4 Å². The van der Waals surface area contributed by atoms with Gasteiger partial charge in [-0.1, -0.05) is 48.5 Å². The molecule has 188 valence electrons. The van der Waals surface area contributed by atoms with E-state index in [1.807, 2.05) is 98.8 Å². The van der Waals surface area contributed by atoms with Crippen LogP contribution in [0.3, 0.4) is 0 Å². The van der Waals surface area contributed by atoms with Crippen LogP contribution in [0.4, 0.5) is 0 Å². The molecule has 4 heterocycles. The summed E-state index contributed by atoms with van der Waals surface area (Å²) in [6.45, 7) is 3.78. The number of thiazole rings is 2. The van der Waals surface area contributed by atoms with Crippen molar-refractivity contribution in [2.24, 2.45) is 20.4 Å². The third kappa shape index (κ3) is 7.57. The van der Waals surface area contributed by atoms with Crippen LogP contribution in [0.1, 0.15) is 25.2 Å². The van der Waals surface area contributed by atoms with Crippen molar-refractivity contribution in [3.8, 4) is 0 Å². The third-order valence-electron chi connectivity index (χ3n) is 5.21. The predicted molar refractivity (Wildman–Crippen MR) is 154 cm³/mol. The van der Waals surface area contributed by atoms with E-state index in [1.165, 1.54) is 22.7 Å². The first-order valence-corrected chi connectivity index (χ1v) is 13.3. The molecule has 0 aliphatic rings. The maximum absolute atomic E-state index is 4.40. The second-order valence-corrected chi connectivity index (χ2v) is 9.95. The summed E-state index contributed by atoms with van der Waals surface area (Å²) in [4.78, 5) is 18.6. The van der Waals surface area contributed by atoms with Gasteiger partial charge in [-0.25, -0.2) is 0 Å². The van der Waals surface area contributed by atoms with Gasteiger partial charge >= 0.3 is 19.5 Å². The number of hydrogen-bond acceptors (Lipinski definition) is 8. The number of nitrogens with zero attached hydrogens (tertiary/aromatic N) is 8. The number of fused-ring (bicyclic) bond motifs is 2. The van der Waals surface area contributed by atoms with Crippen molar-refractivity contribution in [1.29, 1.82) is 0 Å². The van der Waals surface area contributed by atoms with Gasteiger partial charge in [0.05, 0.1) is 22.8 Å². The summed E-state index contributed by atoms with van der Waals surface area (Å²) < 4.78 is 2.24. The molecule has 0 atom stereocenters. The summed E-state index contributed by atoms with van der Waals surface area (Å²) in [5, 5.41) is 16.7. The van der Waals surface area contributed by atoms with Gasteiger partial charge in [0.25, 0.3) is 0 Å². The van der Waals surface area contributed by atoms with Gasteiger partial charge in [0.2, 0.25) is 0 Å². The van der Waals surface area contributed by atoms with E-state index in [9.17, 15) is 0 Å². The molecule has 0 saturated heterocycles. The number of pyridine rings is 2. The normalized spacial score (nSPS) is 12.8. The second kappa shape index (κ2) is 13.8. The van der Waals surface area contributed by atoms with E-state index in [1.54, 1.807) is 12.4 Å². The Bertz CT molecular complexity index is 1640. The van der Waals surface area contributed by atoms with Crippen molar-refractivity contribution in [2.75, 3.05) is 0 Å². The first-order valence-electron chi connectivity index (χ1n) is 11.7. The largest absolute Gasteiger partial charge is 2.00 e. The van der Waals surface area contributed by atoms with Crippen LogP contribution >= 0.6 is 22.7 Å². The SMILES string of the molecule is CC(=NN=c1[n-]c2ccccc2s1)c1ccccn1.CC(=NN=c1[n-]c2ccccc2s1)c1ccccn1.[Zn+2]. The fraction of sp³-hybridized carbons (Fsp3) is 0.0714. The topological polar surface area (TPSA) is 103 Å². The van der Waals surface area contributed by atoms with Gasteiger partial charge in [0.1, 0.15) is 0 Å². The van der Waals surface area contributed by atoms with E-state index in [2.05, 4.69) is 40.3 Å². The molecule has 39 heavy (non-hydrogen) atoms. The van der Waals surface area contributed by atoms with Crippen LogP contribution in [0.5, 0.6) is 0 Å². The summed E-state index contributed by atoms with van der Waals surface area (Å²) in [6.07, 6.45) is 3.48. The quantitative estimate of drug-likeness (QED) is 0.159. The summed E-state index contributed by atoms with van der Waals surface area (Å²) in [6, 6.07) is 27.4. The van der Waals surface area contributed by atoms with Crippen LogP contribution in [0.2, 0.25) is 0 Å². The Kier molecular flexibility index (Phi) is 9.91. The molecule has 2 aromatic carbocycles. The van der Waals surface area contributed by atoms with Crippen molar-refractivity contribution < 1.29 is 19.5 Å². The zero-order valence-electron chi connectivity index (χ0n) is 21.3. The van der Waals surface area contributed by atoms with Gasteiger partial charge in [-0.05, 0) is 61.3 Å². The number of hydrogen-bond donors (Lipinski definition) is 0. The van der Waals surface area contributed by atoms with E-state index in [0.29, 0.717) is 9.60 Å². The minimum atomic E-state index is 0. The number of rotatable bonds is 4. The van der Waals surface area contributed by atoms with E-state index < -0.39 is 0 Å². The van der Waals surface area contributed by atoms with Gasteiger partial charge in [-0.2, -0.15) is 0 Å². The fourth-order valence-corrected chi connectivity index (χ4v) is 4.87. The Morgan fingerprint density at radius 3 is 1.38 bits per heavy atom. The van der Waals surface area contributed by atoms with Gasteiger partial charge in [0.15, 0.2) is 0 Å². The molecule has 0 spiro atoms. The molecule has 4 aromatic heterocycles. The molecule has 6 aromatic rings. The molecule has 0 bridgehead atoms. The molecular weight excluding hydrogens is 578 g/mol. The molecule has 11 heteroatoms. The van der Waals surface area contributed by atoms with E-state index in [0.717, 1.165) is 43.2 Å². The van der Waals surface area contributed by atoms with Crippen molar-refractivity contribution in [2.45, 2.75) is 13.8 Å². The maximum atomic E-state index is 4.40. The molecule has 0 fully saturated rings. The number of para-hydroxylation sites is 2. The van der Waals surface area contributed by atoms with E-state index in [4.69, 9.17) is 0 Å². The molecular formula is C28H22N8S2Zn. The third-order valence-corrected chi connectivity index (χ3v) is 7.05. The molecule has 0 N–H and O–H groups in total. The number of aromatic nitrogens is 4. The first-order chi connectivity index (χ1) is 18.7. The second-order valence-electron chi connectivity index (χ2n) is 7.93. The monoisotopic (exact) mass is 598 g/mol. The summed E-state index contributed by atoms with van der Waals surface area (Å²) in [7, 11) is 0. The fourth-order valence-electron chi connectivity index (χ4n) is 3.30. The van der Waals surface area contributed by atoms with Crippen LogP contribution in [0.25, 0.3) is 20.4 Å². The van der Waals surface area contributed by atoms with Crippen LogP contribution in [0, 0.1) is 0 Å². The van der Waals surface area contributed by atoms with Crippen LogP contribution in [-0.2, 0) is 19.5 Å². The molecule has 0 radical (unpaired) electrons. The van der Waals surface area contributed by atoms with Crippen LogP contribution in [0.15, 0.2) is 118 Å². The Morgan fingerprint density at radius 1 is 0.590 bits per heavy atom.